The predicted molar refractivity (Wildman–Crippen MR) is 70.1 cm³/mol. The van der Waals surface area contributed by atoms with Crippen LogP contribution in [-0.4, -0.2) is 13.2 Å². The van der Waals surface area contributed by atoms with E-state index in [1.807, 2.05) is 18.2 Å². The summed E-state index contributed by atoms with van der Waals surface area (Å²) >= 11 is 6.39. The first-order chi connectivity index (χ1) is 8.16. The maximum Gasteiger partial charge on any atom is 0.161 e. The number of alkyl halides is 1. The molecule has 0 N–H and O–H groups in total. The van der Waals surface area contributed by atoms with Crippen molar-refractivity contribution in [2.45, 2.75) is 32.1 Å². The zero-order valence-electron chi connectivity index (χ0n) is 10.4. The second kappa shape index (κ2) is 5.63. The summed E-state index contributed by atoms with van der Waals surface area (Å²) in [5.74, 6) is 2.25. The average Bonchev–Trinajstić information content (AvgIpc) is 2.51. The fourth-order valence-corrected chi connectivity index (χ4v) is 2.42. The minimum Gasteiger partial charge on any atom is -0.490 e. The van der Waals surface area contributed by atoms with Crippen molar-refractivity contribution in [2.24, 2.45) is 5.92 Å². The van der Waals surface area contributed by atoms with E-state index in [0.717, 1.165) is 36.5 Å². The summed E-state index contributed by atoms with van der Waals surface area (Å²) in [6, 6.07) is 6.01. The van der Waals surface area contributed by atoms with Gasteiger partial charge in [-0.1, -0.05) is 19.9 Å². The van der Waals surface area contributed by atoms with Crippen molar-refractivity contribution in [2.75, 3.05) is 13.2 Å². The van der Waals surface area contributed by atoms with E-state index in [9.17, 15) is 0 Å². The van der Waals surface area contributed by atoms with Gasteiger partial charge in [-0.05, 0) is 30.0 Å². The monoisotopic (exact) mass is 254 g/mol. The Morgan fingerprint density at radius 3 is 2.59 bits per heavy atom. The smallest absolute Gasteiger partial charge is 0.161 e. The number of hydrogen-bond donors (Lipinski definition) is 0. The Hall–Kier alpha value is -0.890. The molecule has 1 aliphatic heterocycles. The van der Waals surface area contributed by atoms with Crippen LogP contribution in [0, 0.1) is 5.92 Å². The topological polar surface area (TPSA) is 18.5 Å². The van der Waals surface area contributed by atoms with Gasteiger partial charge < -0.3 is 9.47 Å². The van der Waals surface area contributed by atoms with Gasteiger partial charge in [0.1, 0.15) is 0 Å². The molecule has 94 valence electrons. The number of fused-ring (bicyclic) bond motifs is 1. The molecule has 0 fully saturated rings. The van der Waals surface area contributed by atoms with Crippen LogP contribution in [0.3, 0.4) is 0 Å². The standard InChI is InChI=1S/C14H19ClO2/c1-10(2)8-12(15)11-4-5-13-14(9-11)17-7-3-6-16-13/h4-5,9-10,12H,3,6-8H2,1-2H3. The van der Waals surface area contributed by atoms with Crippen molar-refractivity contribution >= 4 is 11.6 Å². The van der Waals surface area contributed by atoms with E-state index in [4.69, 9.17) is 21.1 Å². The third-order valence-corrected chi connectivity index (χ3v) is 3.24. The molecule has 2 rings (SSSR count). The first-order valence-electron chi connectivity index (χ1n) is 6.20. The van der Waals surface area contributed by atoms with Crippen LogP contribution >= 0.6 is 11.6 Å². The Morgan fingerprint density at radius 1 is 1.18 bits per heavy atom. The van der Waals surface area contributed by atoms with Gasteiger partial charge in [-0.25, -0.2) is 0 Å². The lowest BCUT2D eigenvalue weighted by Gasteiger charge is -2.14. The summed E-state index contributed by atoms with van der Waals surface area (Å²) in [5, 5.41) is 0.0483. The zero-order valence-corrected chi connectivity index (χ0v) is 11.2. The Kier molecular flexibility index (Phi) is 4.16. The Labute approximate surface area is 108 Å². The second-order valence-electron chi connectivity index (χ2n) is 4.85. The molecule has 1 heterocycles. The van der Waals surface area contributed by atoms with Crippen LogP contribution in [0.4, 0.5) is 0 Å². The van der Waals surface area contributed by atoms with Gasteiger partial charge in [0.25, 0.3) is 0 Å². The average molecular weight is 255 g/mol. The van der Waals surface area contributed by atoms with Crippen molar-refractivity contribution in [3.05, 3.63) is 23.8 Å². The molecular weight excluding hydrogens is 236 g/mol. The third kappa shape index (κ3) is 3.29. The number of benzene rings is 1. The van der Waals surface area contributed by atoms with E-state index in [1.165, 1.54) is 0 Å². The van der Waals surface area contributed by atoms with Crippen LogP contribution in [0.2, 0.25) is 0 Å². The van der Waals surface area contributed by atoms with E-state index in [2.05, 4.69) is 13.8 Å². The van der Waals surface area contributed by atoms with Crippen LogP contribution in [0.25, 0.3) is 0 Å². The van der Waals surface area contributed by atoms with Gasteiger partial charge in [0, 0.05) is 6.42 Å². The molecule has 3 heteroatoms. The summed E-state index contributed by atoms with van der Waals surface area (Å²) in [7, 11) is 0. The zero-order chi connectivity index (χ0) is 12.3. The Morgan fingerprint density at radius 2 is 1.88 bits per heavy atom. The third-order valence-electron chi connectivity index (χ3n) is 2.81. The normalized spacial score (nSPS) is 16.7. The number of halogens is 1. The van der Waals surface area contributed by atoms with E-state index < -0.39 is 0 Å². The van der Waals surface area contributed by atoms with Gasteiger partial charge in [0.15, 0.2) is 11.5 Å². The molecule has 1 unspecified atom stereocenters. The highest BCUT2D eigenvalue weighted by molar-refractivity contribution is 6.20. The minimum atomic E-state index is 0.0483. The fourth-order valence-electron chi connectivity index (χ4n) is 1.92. The SMILES string of the molecule is CC(C)CC(Cl)c1ccc2c(c1)OCCCO2. The number of ether oxygens (including phenoxy) is 2. The molecular formula is C14H19ClO2. The lowest BCUT2D eigenvalue weighted by atomic mass is 10.0. The van der Waals surface area contributed by atoms with Gasteiger partial charge in [0.2, 0.25) is 0 Å². The molecule has 0 bridgehead atoms. The van der Waals surface area contributed by atoms with Gasteiger partial charge in [0.05, 0.1) is 18.6 Å². The molecule has 0 spiro atoms. The van der Waals surface area contributed by atoms with Crippen molar-refractivity contribution in [1.82, 2.24) is 0 Å². The van der Waals surface area contributed by atoms with E-state index in [-0.39, 0.29) is 5.38 Å². The summed E-state index contributed by atoms with van der Waals surface area (Å²) in [5.41, 5.74) is 1.12. The molecule has 0 aromatic heterocycles. The maximum absolute atomic E-state index is 6.39. The summed E-state index contributed by atoms with van der Waals surface area (Å²) in [6.07, 6.45) is 1.90. The lowest BCUT2D eigenvalue weighted by molar-refractivity contribution is 0.297. The first kappa shape index (κ1) is 12.6. The van der Waals surface area contributed by atoms with Crippen LogP contribution < -0.4 is 9.47 Å². The highest BCUT2D eigenvalue weighted by Crippen LogP contribution is 2.36. The highest BCUT2D eigenvalue weighted by Gasteiger charge is 2.15. The largest absolute Gasteiger partial charge is 0.490 e. The molecule has 1 aliphatic rings. The van der Waals surface area contributed by atoms with Gasteiger partial charge in [-0.3, -0.25) is 0 Å². The fraction of sp³-hybridized carbons (Fsp3) is 0.571. The van der Waals surface area contributed by atoms with Crippen molar-refractivity contribution in [3.8, 4) is 11.5 Å². The summed E-state index contributed by atoms with van der Waals surface area (Å²) < 4.78 is 11.3. The number of rotatable bonds is 3. The van der Waals surface area contributed by atoms with Gasteiger partial charge >= 0.3 is 0 Å². The molecule has 0 amide bonds. The molecule has 0 saturated heterocycles. The first-order valence-corrected chi connectivity index (χ1v) is 6.64. The Balaban J connectivity index is 2.17. The minimum absolute atomic E-state index is 0.0483. The van der Waals surface area contributed by atoms with Gasteiger partial charge in [-0.15, -0.1) is 11.6 Å². The molecule has 2 nitrogen and oxygen atoms in total. The molecule has 17 heavy (non-hydrogen) atoms. The molecule has 0 aliphatic carbocycles. The summed E-state index contributed by atoms with van der Waals surface area (Å²) in [6.45, 7) is 5.80. The van der Waals surface area contributed by atoms with Crippen molar-refractivity contribution in [1.29, 1.82) is 0 Å². The van der Waals surface area contributed by atoms with Crippen molar-refractivity contribution in [3.63, 3.8) is 0 Å². The molecule has 1 atom stereocenters. The molecule has 1 aromatic carbocycles. The highest BCUT2D eigenvalue weighted by atomic mass is 35.5. The van der Waals surface area contributed by atoms with Crippen molar-refractivity contribution < 1.29 is 9.47 Å². The van der Waals surface area contributed by atoms with Crippen LogP contribution in [0.15, 0.2) is 18.2 Å². The Bertz CT molecular complexity index is 376. The van der Waals surface area contributed by atoms with Crippen LogP contribution in [0.5, 0.6) is 11.5 Å². The lowest BCUT2D eigenvalue weighted by Crippen LogP contribution is -1.98. The second-order valence-corrected chi connectivity index (χ2v) is 5.38. The quantitative estimate of drug-likeness (QED) is 0.754. The van der Waals surface area contributed by atoms with Crippen LogP contribution in [-0.2, 0) is 0 Å². The van der Waals surface area contributed by atoms with E-state index in [1.54, 1.807) is 0 Å². The predicted octanol–water partition coefficient (Wildman–Crippen LogP) is 4.17. The maximum atomic E-state index is 6.39. The molecule has 1 aromatic rings. The summed E-state index contributed by atoms with van der Waals surface area (Å²) in [4.78, 5) is 0. The number of hydrogen-bond acceptors (Lipinski definition) is 2. The molecule has 0 radical (unpaired) electrons. The molecule has 0 saturated carbocycles. The van der Waals surface area contributed by atoms with Gasteiger partial charge in [-0.2, -0.15) is 0 Å². The van der Waals surface area contributed by atoms with E-state index in [0.29, 0.717) is 12.5 Å². The van der Waals surface area contributed by atoms with Crippen LogP contribution in [0.1, 0.15) is 37.6 Å². The van der Waals surface area contributed by atoms with E-state index >= 15 is 0 Å².